The Morgan fingerprint density at radius 3 is 2.94 bits per heavy atom. The quantitative estimate of drug-likeness (QED) is 0.697. The number of hydrogen-bond acceptors (Lipinski definition) is 8. The van der Waals surface area contributed by atoms with Crippen LogP contribution in [0.3, 0.4) is 0 Å². The topological polar surface area (TPSA) is 112 Å². The molecule has 3 N–H and O–H groups in total. The Balaban J connectivity index is 1.60. The summed E-state index contributed by atoms with van der Waals surface area (Å²) in [5.74, 6) is -0.902. The number of halogens is 2. The molecule has 0 spiro atoms. The van der Waals surface area contributed by atoms with Gasteiger partial charge in [-0.15, -0.1) is 0 Å². The van der Waals surface area contributed by atoms with E-state index in [1.54, 1.807) is 0 Å². The number of hydrogen-bond donors (Lipinski definition) is 2. The minimum absolute atomic E-state index is 0.000397. The number of fused-ring (bicyclic) bond motifs is 1. The van der Waals surface area contributed by atoms with Crippen molar-refractivity contribution in [3.8, 4) is 5.88 Å². The molecule has 4 rings (SSSR count). The maximum atomic E-state index is 15.6. The van der Waals surface area contributed by atoms with Gasteiger partial charge in [-0.25, -0.2) is 23.7 Å². The predicted octanol–water partition coefficient (Wildman–Crippen LogP) is 2.65. The summed E-state index contributed by atoms with van der Waals surface area (Å²) in [6, 6.07) is 3.88. The van der Waals surface area contributed by atoms with E-state index < -0.39 is 22.9 Å². The molecule has 1 amide bonds. The van der Waals surface area contributed by atoms with Crippen molar-refractivity contribution < 1.29 is 23.0 Å². The number of alkyl halides is 1. The molecule has 2 aromatic rings. The number of carbonyl (C=O) groups is 1. The predicted molar refractivity (Wildman–Crippen MR) is 113 cm³/mol. The number of thioether (sulfide) groups is 1. The molecule has 8 nitrogen and oxygen atoms in total. The molecule has 0 radical (unpaired) electrons. The summed E-state index contributed by atoms with van der Waals surface area (Å²) in [4.78, 5) is 24.9. The van der Waals surface area contributed by atoms with Crippen molar-refractivity contribution in [3.63, 3.8) is 0 Å². The summed E-state index contributed by atoms with van der Waals surface area (Å²) >= 11 is 1.07. The number of nitrogens with one attached hydrogen (secondary N) is 1. The van der Waals surface area contributed by atoms with Gasteiger partial charge >= 0.3 is 0 Å². The Morgan fingerprint density at radius 2 is 2.19 bits per heavy atom. The van der Waals surface area contributed by atoms with E-state index in [1.165, 1.54) is 24.5 Å². The standard InChI is InChI=1S/C20H21F2N5O3S/c1-2-5-30-16-8-24-15(7-25-16)17(28)26-12-3-4-14(21)13(6-12)20-10-29-9-19(20,22)11-31-18(23)27-20/h3-4,6-8H,2,5,9-11H2,1H3,(H2,23,27)(H,26,28)/t19-,20-/m1/s1. The fourth-order valence-electron chi connectivity index (χ4n) is 3.52. The number of carbonyl (C=O) groups excluding carboxylic acids is 1. The van der Waals surface area contributed by atoms with Crippen LogP contribution in [-0.2, 0) is 10.3 Å². The average Bonchev–Trinajstić information content (AvgIpc) is 3.11. The lowest BCUT2D eigenvalue weighted by Crippen LogP contribution is -2.52. The number of rotatable bonds is 6. The molecule has 0 aliphatic carbocycles. The second-order valence-corrected chi connectivity index (χ2v) is 8.29. The SMILES string of the molecule is CCCOc1cnc(C(=O)Nc2ccc(F)c([C@]34COC[C@@]3(F)CSC(N)=N4)c2)cn1. The van der Waals surface area contributed by atoms with E-state index in [9.17, 15) is 9.18 Å². The van der Waals surface area contributed by atoms with Gasteiger partial charge in [-0.05, 0) is 24.6 Å². The Morgan fingerprint density at radius 1 is 1.35 bits per heavy atom. The van der Waals surface area contributed by atoms with Crippen molar-refractivity contribution in [1.82, 2.24) is 9.97 Å². The second-order valence-electron chi connectivity index (χ2n) is 7.29. The number of aromatic nitrogens is 2. The summed E-state index contributed by atoms with van der Waals surface area (Å²) in [6.07, 6.45) is 3.45. The molecule has 0 saturated carbocycles. The summed E-state index contributed by atoms with van der Waals surface area (Å²) in [5, 5.41) is 2.79. The molecule has 2 aliphatic heterocycles. The maximum Gasteiger partial charge on any atom is 0.275 e. The van der Waals surface area contributed by atoms with Crippen LogP contribution in [0.4, 0.5) is 14.5 Å². The highest BCUT2D eigenvalue weighted by molar-refractivity contribution is 8.13. The molecule has 1 aromatic heterocycles. The zero-order chi connectivity index (χ0) is 22.1. The minimum Gasteiger partial charge on any atom is -0.477 e. The van der Waals surface area contributed by atoms with Crippen LogP contribution in [-0.4, -0.2) is 52.3 Å². The first-order valence-electron chi connectivity index (χ1n) is 9.68. The van der Waals surface area contributed by atoms with Crippen LogP contribution < -0.4 is 15.8 Å². The average molecular weight is 449 g/mol. The third kappa shape index (κ3) is 3.94. The zero-order valence-electron chi connectivity index (χ0n) is 16.7. The first kappa shape index (κ1) is 21.4. The van der Waals surface area contributed by atoms with Gasteiger partial charge in [0.1, 0.15) is 11.5 Å². The normalized spacial score (nSPS) is 24.9. The highest BCUT2D eigenvalue weighted by Gasteiger charge is 2.61. The second kappa shape index (κ2) is 8.39. The van der Waals surface area contributed by atoms with Crippen LogP contribution in [0.5, 0.6) is 5.88 Å². The largest absolute Gasteiger partial charge is 0.477 e. The van der Waals surface area contributed by atoms with Crippen molar-refractivity contribution in [2.24, 2.45) is 10.7 Å². The number of ether oxygens (including phenoxy) is 2. The van der Waals surface area contributed by atoms with Gasteiger partial charge in [0.2, 0.25) is 5.88 Å². The lowest BCUT2D eigenvalue weighted by atomic mass is 9.79. The van der Waals surface area contributed by atoms with Crippen molar-refractivity contribution in [1.29, 1.82) is 0 Å². The third-order valence-electron chi connectivity index (χ3n) is 5.12. The number of amides is 1. The van der Waals surface area contributed by atoms with Crippen LogP contribution in [0.1, 0.15) is 29.4 Å². The van der Waals surface area contributed by atoms with E-state index >= 15 is 4.39 Å². The third-order valence-corrected chi connectivity index (χ3v) is 6.11. The molecule has 31 heavy (non-hydrogen) atoms. The van der Waals surface area contributed by atoms with Crippen LogP contribution >= 0.6 is 11.8 Å². The summed E-state index contributed by atoms with van der Waals surface area (Å²) in [6.45, 7) is 2.09. The maximum absolute atomic E-state index is 15.6. The molecule has 3 heterocycles. The van der Waals surface area contributed by atoms with Crippen molar-refractivity contribution in [3.05, 3.63) is 47.7 Å². The Labute approximate surface area is 181 Å². The van der Waals surface area contributed by atoms with Gasteiger partial charge in [-0.1, -0.05) is 18.7 Å². The van der Waals surface area contributed by atoms with E-state index in [-0.39, 0.29) is 41.1 Å². The van der Waals surface area contributed by atoms with Gasteiger partial charge in [0, 0.05) is 17.0 Å². The zero-order valence-corrected chi connectivity index (χ0v) is 17.5. The molecular weight excluding hydrogens is 428 g/mol. The summed E-state index contributed by atoms with van der Waals surface area (Å²) < 4.78 is 41.1. The first-order valence-corrected chi connectivity index (χ1v) is 10.7. The lowest BCUT2D eigenvalue weighted by molar-refractivity contribution is 0.102. The molecule has 1 fully saturated rings. The summed E-state index contributed by atoms with van der Waals surface area (Å²) in [7, 11) is 0. The molecule has 1 saturated heterocycles. The Kier molecular flexibility index (Phi) is 5.80. The van der Waals surface area contributed by atoms with Gasteiger partial charge in [0.15, 0.2) is 16.4 Å². The Hall–Kier alpha value is -2.79. The van der Waals surface area contributed by atoms with E-state index in [1.807, 2.05) is 6.92 Å². The van der Waals surface area contributed by atoms with Crippen molar-refractivity contribution >= 4 is 28.5 Å². The van der Waals surface area contributed by atoms with Crippen LogP contribution in [0, 0.1) is 5.82 Å². The monoisotopic (exact) mass is 449 g/mol. The van der Waals surface area contributed by atoms with Gasteiger partial charge in [-0.2, -0.15) is 0 Å². The fourth-order valence-corrected chi connectivity index (χ4v) is 4.44. The highest BCUT2D eigenvalue weighted by atomic mass is 32.2. The molecular formula is C20H21F2N5O3S. The molecule has 164 valence electrons. The number of anilines is 1. The highest BCUT2D eigenvalue weighted by Crippen LogP contribution is 2.50. The number of nitrogens with zero attached hydrogens (tertiary/aromatic N) is 3. The molecule has 2 atom stereocenters. The molecule has 0 unspecified atom stereocenters. The number of aliphatic imine (C=N–C) groups is 1. The lowest BCUT2D eigenvalue weighted by Gasteiger charge is -2.38. The molecule has 1 aromatic carbocycles. The van der Waals surface area contributed by atoms with Crippen LogP contribution in [0.15, 0.2) is 35.6 Å². The smallest absolute Gasteiger partial charge is 0.275 e. The molecule has 2 aliphatic rings. The van der Waals surface area contributed by atoms with Crippen LogP contribution in [0.2, 0.25) is 0 Å². The Bertz CT molecular complexity index is 1020. The molecule has 11 heteroatoms. The van der Waals surface area contributed by atoms with E-state index in [0.717, 1.165) is 24.2 Å². The number of benzene rings is 1. The van der Waals surface area contributed by atoms with E-state index in [0.29, 0.717) is 12.5 Å². The van der Waals surface area contributed by atoms with Crippen molar-refractivity contribution in [2.75, 3.05) is 30.9 Å². The van der Waals surface area contributed by atoms with E-state index in [4.69, 9.17) is 15.2 Å². The molecule has 0 bridgehead atoms. The van der Waals surface area contributed by atoms with E-state index in [2.05, 4.69) is 20.3 Å². The number of nitrogens with two attached hydrogens (primary N) is 1. The van der Waals surface area contributed by atoms with Crippen LogP contribution in [0.25, 0.3) is 0 Å². The van der Waals surface area contributed by atoms with Gasteiger partial charge < -0.3 is 20.5 Å². The van der Waals surface area contributed by atoms with Gasteiger partial charge in [0.25, 0.3) is 5.91 Å². The van der Waals surface area contributed by atoms with Gasteiger partial charge in [0.05, 0.1) is 32.2 Å². The summed E-state index contributed by atoms with van der Waals surface area (Å²) in [5.41, 5.74) is 2.59. The van der Waals surface area contributed by atoms with Gasteiger partial charge in [-0.3, -0.25) is 4.79 Å². The van der Waals surface area contributed by atoms with Crippen molar-refractivity contribution in [2.45, 2.75) is 24.6 Å². The number of amidine groups is 1. The fraction of sp³-hybridized carbons (Fsp3) is 0.400. The first-order chi connectivity index (χ1) is 14.9. The minimum atomic E-state index is -1.91.